The van der Waals surface area contributed by atoms with Gasteiger partial charge in [-0.3, -0.25) is 15.0 Å². The second-order valence-corrected chi connectivity index (χ2v) is 4.84. The first-order valence-corrected chi connectivity index (χ1v) is 6.69. The minimum atomic E-state index is 0.0154. The van der Waals surface area contributed by atoms with Crippen LogP contribution in [0.5, 0.6) is 0 Å². The molecule has 4 nitrogen and oxygen atoms in total. The summed E-state index contributed by atoms with van der Waals surface area (Å²) in [7, 11) is 0. The molecule has 1 saturated heterocycles. The van der Waals surface area contributed by atoms with Crippen molar-refractivity contribution in [2.75, 3.05) is 50.8 Å². The lowest BCUT2D eigenvalue weighted by Gasteiger charge is -2.25. The van der Waals surface area contributed by atoms with Crippen LogP contribution in [-0.2, 0) is 4.79 Å². The van der Waals surface area contributed by atoms with Crippen molar-refractivity contribution in [3.63, 3.8) is 0 Å². The van der Waals surface area contributed by atoms with Crippen LogP contribution in [0, 0.1) is 12.3 Å². The van der Waals surface area contributed by atoms with E-state index >= 15 is 0 Å². The van der Waals surface area contributed by atoms with Gasteiger partial charge in [-0.2, -0.15) is 11.8 Å². The van der Waals surface area contributed by atoms with E-state index in [1.54, 1.807) is 0 Å². The average Bonchev–Trinajstić information content (AvgIpc) is 2.31. The van der Waals surface area contributed by atoms with Gasteiger partial charge in [0.05, 0.1) is 13.1 Å². The molecule has 5 heteroatoms. The zero-order valence-electron chi connectivity index (χ0n) is 9.50. The molecular weight excluding hydrogens is 222 g/mol. The quantitative estimate of drug-likeness (QED) is 0.480. The van der Waals surface area contributed by atoms with Gasteiger partial charge < -0.3 is 5.32 Å². The minimum absolute atomic E-state index is 0.0154. The molecule has 0 aromatic carbocycles. The van der Waals surface area contributed by atoms with Crippen LogP contribution in [-0.4, -0.2) is 61.6 Å². The highest BCUT2D eigenvalue weighted by molar-refractivity contribution is 7.99. The zero-order chi connectivity index (χ0) is 11.6. The fourth-order valence-corrected chi connectivity index (χ4v) is 2.47. The molecule has 0 bridgehead atoms. The Hall–Kier alpha value is -0.700. The summed E-state index contributed by atoms with van der Waals surface area (Å²) in [5, 5.41) is 5.73. The van der Waals surface area contributed by atoms with Gasteiger partial charge in [0.2, 0.25) is 5.91 Å². The number of amides is 1. The highest BCUT2D eigenvalue weighted by Crippen LogP contribution is 2.07. The maximum Gasteiger partial charge on any atom is 0.234 e. The van der Waals surface area contributed by atoms with Crippen LogP contribution in [0.1, 0.15) is 0 Å². The molecule has 90 valence electrons. The summed E-state index contributed by atoms with van der Waals surface area (Å²) in [6.07, 6.45) is 5.06. The van der Waals surface area contributed by atoms with E-state index in [-0.39, 0.29) is 5.91 Å². The van der Waals surface area contributed by atoms with Gasteiger partial charge in [0.25, 0.3) is 0 Å². The van der Waals surface area contributed by atoms with Crippen molar-refractivity contribution in [1.82, 2.24) is 15.5 Å². The lowest BCUT2D eigenvalue weighted by atomic mass is 10.4. The van der Waals surface area contributed by atoms with Gasteiger partial charge in [0, 0.05) is 37.7 Å². The summed E-state index contributed by atoms with van der Waals surface area (Å²) in [6, 6.07) is 0. The van der Waals surface area contributed by atoms with Crippen LogP contribution >= 0.6 is 11.8 Å². The third-order valence-electron chi connectivity index (χ3n) is 2.37. The van der Waals surface area contributed by atoms with Gasteiger partial charge in [0.15, 0.2) is 0 Å². The first-order valence-electron chi connectivity index (χ1n) is 5.54. The molecule has 1 rings (SSSR count). The molecule has 0 saturated carbocycles. The van der Waals surface area contributed by atoms with Crippen LogP contribution < -0.4 is 10.6 Å². The number of nitrogens with zero attached hydrogens (tertiary/aromatic N) is 1. The Kier molecular flexibility index (Phi) is 7.06. The van der Waals surface area contributed by atoms with Crippen molar-refractivity contribution >= 4 is 17.7 Å². The fraction of sp³-hybridized carbons (Fsp3) is 0.727. The molecule has 0 radical (unpaired) electrons. The Balaban J connectivity index is 1.97. The lowest BCUT2D eigenvalue weighted by molar-refractivity contribution is -0.120. The monoisotopic (exact) mass is 241 g/mol. The van der Waals surface area contributed by atoms with Crippen molar-refractivity contribution in [3.05, 3.63) is 0 Å². The second kappa shape index (κ2) is 8.45. The summed E-state index contributed by atoms with van der Waals surface area (Å²) in [5.74, 6) is 4.86. The number of carbonyl (C=O) groups is 1. The van der Waals surface area contributed by atoms with Crippen molar-refractivity contribution < 1.29 is 4.79 Å². The van der Waals surface area contributed by atoms with Crippen LogP contribution in [0.3, 0.4) is 0 Å². The third kappa shape index (κ3) is 6.01. The molecule has 1 amide bonds. The Morgan fingerprint density at radius 3 is 2.88 bits per heavy atom. The van der Waals surface area contributed by atoms with Crippen LogP contribution in [0.25, 0.3) is 0 Å². The average molecular weight is 241 g/mol. The Morgan fingerprint density at radius 2 is 2.19 bits per heavy atom. The zero-order valence-corrected chi connectivity index (χ0v) is 10.3. The molecule has 0 spiro atoms. The number of hydrogen-bond donors (Lipinski definition) is 2. The lowest BCUT2D eigenvalue weighted by Crippen LogP contribution is -2.41. The predicted molar refractivity (Wildman–Crippen MR) is 68.5 cm³/mol. The number of thioether (sulfide) groups is 1. The van der Waals surface area contributed by atoms with E-state index in [1.807, 2.05) is 11.8 Å². The maximum absolute atomic E-state index is 11.3. The summed E-state index contributed by atoms with van der Waals surface area (Å²) < 4.78 is 0. The highest BCUT2D eigenvalue weighted by Gasteiger charge is 2.09. The number of rotatable bonds is 6. The van der Waals surface area contributed by atoms with E-state index in [0.29, 0.717) is 13.1 Å². The molecule has 0 unspecified atom stereocenters. The normalized spacial score (nSPS) is 16.7. The largest absolute Gasteiger partial charge is 0.354 e. The molecule has 0 aromatic rings. The Morgan fingerprint density at radius 1 is 1.44 bits per heavy atom. The summed E-state index contributed by atoms with van der Waals surface area (Å²) >= 11 is 1.99. The van der Waals surface area contributed by atoms with E-state index in [4.69, 9.17) is 6.42 Å². The molecule has 1 aliphatic heterocycles. The molecule has 16 heavy (non-hydrogen) atoms. The molecule has 1 aliphatic rings. The van der Waals surface area contributed by atoms with Gasteiger partial charge in [-0.15, -0.1) is 6.42 Å². The number of hydrogen-bond acceptors (Lipinski definition) is 4. The van der Waals surface area contributed by atoms with E-state index < -0.39 is 0 Å². The molecule has 0 aromatic heterocycles. The van der Waals surface area contributed by atoms with Crippen molar-refractivity contribution in [2.24, 2.45) is 0 Å². The van der Waals surface area contributed by atoms with Crippen LogP contribution in [0.15, 0.2) is 0 Å². The summed E-state index contributed by atoms with van der Waals surface area (Å²) in [6.45, 7) is 4.69. The van der Waals surface area contributed by atoms with Gasteiger partial charge in [-0.25, -0.2) is 0 Å². The Bertz CT molecular complexity index is 246. The Labute approximate surface area is 102 Å². The maximum atomic E-state index is 11.3. The standard InChI is InChI=1S/C11H19N3OS/c1-2-3-12-10-11(15)13-4-5-14-6-8-16-9-7-14/h1,12H,3-10H2,(H,13,15). The molecule has 1 heterocycles. The smallest absolute Gasteiger partial charge is 0.234 e. The van der Waals surface area contributed by atoms with Crippen molar-refractivity contribution in [2.45, 2.75) is 0 Å². The van der Waals surface area contributed by atoms with Gasteiger partial charge in [-0.1, -0.05) is 5.92 Å². The van der Waals surface area contributed by atoms with Crippen LogP contribution in [0.2, 0.25) is 0 Å². The molecule has 1 fully saturated rings. The van der Waals surface area contributed by atoms with Crippen molar-refractivity contribution in [3.8, 4) is 12.3 Å². The first-order chi connectivity index (χ1) is 7.83. The topological polar surface area (TPSA) is 44.4 Å². The molecular formula is C11H19N3OS. The highest BCUT2D eigenvalue weighted by atomic mass is 32.2. The molecule has 0 aliphatic carbocycles. The SMILES string of the molecule is C#CCNCC(=O)NCCN1CCSCC1. The van der Waals surface area contributed by atoms with E-state index in [2.05, 4.69) is 21.5 Å². The van der Waals surface area contributed by atoms with E-state index in [1.165, 1.54) is 11.5 Å². The predicted octanol–water partition coefficient (Wildman–Crippen LogP) is -0.626. The fourth-order valence-electron chi connectivity index (χ4n) is 1.49. The molecule has 0 atom stereocenters. The number of nitrogens with one attached hydrogen (secondary N) is 2. The molecule has 2 N–H and O–H groups in total. The van der Waals surface area contributed by atoms with Crippen LogP contribution in [0.4, 0.5) is 0 Å². The summed E-state index contributed by atoms with van der Waals surface area (Å²) in [5.41, 5.74) is 0. The summed E-state index contributed by atoms with van der Waals surface area (Å²) in [4.78, 5) is 13.7. The third-order valence-corrected chi connectivity index (χ3v) is 3.31. The second-order valence-electron chi connectivity index (χ2n) is 3.61. The van der Waals surface area contributed by atoms with E-state index in [9.17, 15) is 4.79 Å². The van der Waals surface area contributed by atoms with Crippen molar-refractivity contribution in [1.29, 1.82) is 0 Å². The number of carbonyl (C=O) groups excluding carboxylic acids is 1. The van der Waals surface area contributed by atoms with Gasteiger partial charge >= 0.3 is 0 Å². The van der Waals surface area contributed by atoms with E-state index in [0.717, 1.165) is 26.2 Å². The minimum Gasteiger partial charge on any atom is -0.354 e. The first kappa shape index (κ1) is 13.4. The number of terminal acetylenes is 1. The van der Waals surface area contributed by atoms with Gasteiger partial charge in [-0.05, 0) is 0 Å². The van der Waals surface area contributed by atoms with Gasteiger partial charge in [0.1, 0.15) is 0 Å².